The summed E-state index contributed by atoms with van der Waals surface area (Å²) >= 11 is 0. The highest BCUT2D eigenvalue weighted by Gasteiger charge is 2.32. The third kappa shape index (κ3) is 2.93. The van der Waals surface area contributed by atoms with E-state index in [9.17, 15) is 20.0 Å². The molecule has 1 aliphatic rings. The van der Waals surface area contributed by atoms with Gasteiger partial charge in [0.15, 0.2) is 0 Å². The number of fused-ring (bicyclic) bond motifs is 1. The predicted octanol–water partition coefficient (Wildman–Crippen LogP) is 2.29. The molecule has 0 fully saturated rings. The van der Waals surface area contributed by atoms with Crippen molar-refractivity contribution in [1.29, 1.82) is 0 Å². The van der Waals surface area contributed by atoms with Crippen LogP contribution in [0.4, 0.5) is 5.69 Å². The fraction of sp³-hybridized carbons (Fsp3) is 0.235. The molecule has 0 aromatic heterocycles. The molecule has 1 aliphatic carbocycles. The van der Waals surface area contributed by atoms with E-state index in [0.717, 1.165) is 11.1 Å². The van der Waals surface area contributed by atoms with E-state index in [4.69, 9.17) is 0 Å². The van der Waals surface area contributed by atoms with Gasteiger partial charge in [-0.25, -0.2) is 0 Å². The highest BCUT2D eigenvalue weighted by atomic mass is 16.6. The Morgan fingerprint density at radius 1 is 1.30 bits per heavy atom. The number of aryl methyl sites for hydroxylation is 1. The van der Waals surface area contributed by atoms with Crippen molar-refractivity contribution in [2.75, 3.05) is 0 Å². The number of nitrogens with one attached hydrogen (secondary N) is 1. The number of hydrogen-bond donors (Lipinski definition) is 2. The molecule has 2 aromatic carbocycles. The van der Waals surface area contributed by atoms with Crippen molar-refractivity contribution in [3.63, 3.8) is 0 Å². The molecule has 0 aliphatic heterocycles. The van der Waals surface area contributed by atoms with Gasteiger partial charge in [-0.1, -0.05) is 24.3 Å². The highest BCUT2D eigenvalue weighted by molar-refractivity contribution is 5.95. The standard InChI is InChI=1S/C17H16N2O4/c1-10-6-12(8-13(7-10)19(22)23)17(21)18-16-14-5-3-2-4-11(14)9-15(16)20/h2-8,15-16,20H,9H2,1H3,(H,18,21). The zero-order valence-electron chi connectivity index (χ0n) is 12.5. The number of nitro benzene ring substituents is 1. The lowest BCUT2D eigenvalue weighted by molar-refractivity contribution is -0.384. The van der Waals surface area contributed by atoms with Crippen LogP contribution in [0.15, 0.2) is 42.5 Å². The van der Waals surface area contributed by atoms with Gasteiger partial charge in [-0.3, -0.25) is 14.9 Å². The number of non-ortho nitro benzene ring substituents is 1. The maximum absolute atomic E-state index is 12.4. The van der Waals surface area contributed by atoms with Gasteiger partial charge in [0.2, 0.25) is 0 Å². The molecule has 118 valence electrons. The summed E-state index contributed by atoms with van der Waals surface area (Å²) in [5.74, 6) is -0.433. The number of rotatable bonds is 3. The summed E-state index contributed by atoms with van der Waals surface area (Å²) in [6.07, 6.45) is -0.217. The second kappa shape index (κ2) is 5.81. The molecule has 6 nitrogen and oxygen atoms in total. The van der Waals surface area contributed by atoms with Crippen LogP contribution in [0, 0.1) is 17.0 Å². The van der Waals surface area contributed by atoms with Crippen molar-refractivity contribution in [2.45, 2.75) is 25.5 Å². The topological polar surface area (TPSA) is 92.5 Å². The van der Waals surface area contributed by atoms with E-state index < -0.39 is 23.0 Å². The molecule has 2 atom stereocenters. The van der Waals surface area contributed by atoms with Crippen LogP contribution < -0.4 is 5.32 Å². The summed E-state index contributed by atoms with van der Waals surface area (Å²) in [5, 5.41) is 23.9. The van der Waals surface area contributed by atoms with E-state index in [2.05, 4.69) is 5.32 Å². The zero-order valence-corrected chi connectivity index (χ0v) is 12.5. The number of aliphatic hydroxyl groups is 1. The van der Waals surface area contributed by atoms with Crippen LogP contribution in [0.2, 0.25) is 0 Å². The molecule has 0 saturated heterocycles. The minimum absolute atomic E-state index is 0.123. The maximum Gasteiger partial charge on any atom is 0.270 e. The Morgan fingerprint density at radius 3 is 2.78 bits per heavy atom. The zero-order chi connectivity index (χ0) is 16.6. The van der Waals surface area contributed by atoms with Crippen molar-refractivity contribution in [1.82, 2.24) is 5.32 Å². The Morgan fingerprint density at radius 2 is 2.04 bits per heavy atom. The first kappa shape index (κ1) is 15.2. The Balaban J connectivity index is 1.87. The number of hydrogen-bond acceptors (Lipinski definition) is 4. The third-order valence-corrected chi connectivity index (χ3v) is 4.03. The van der Waals surface area contributed by atoms with E-state index >= 15 is 0 Å². The Kier molecular flexibility index (Phi) is 3.83. The largest absolute Gasteiger partial charge is 0.390 e. The second-order valence-electron chi connectivity index (χ2n) is 5.74. The molecular formula is C17H16N2O4. The van der Waals surface area contributed by atoms with Gasteiger partial charge in [0.25, 0.3) is 11.6 Å². The minimum Gasteiger partial charge on any atom is -0.390 e. The van der Waals surface area contributed by atoms with Gasteiger partial charge in [0, 0.05) is 24.1 Å². The quantitative estimate of drug-likeness (QED) is 0.672. The van der Waals surface area contributed by atoms with Crippen LogP contribution in [0.1, 0.15) is 33.1 Å². The van der Waals surface area contributed by atoms with E-state index in [0.29, 0.717) is 12.0 Å². The van der Waals surface area contributed by atoms with Crippen molar-refractivity contribution >= 4 is 11.6 Å². The molecular weight excluding hydrogens is 296 g/mol. The van der Waals surface area contributed by atoms with Crippen LogP contribution in [0.5, 0.6) is 0 Å². The number of carbonyl (C=O) groups is 1. The molecule has 23 heavy (non-hydrogen) atoms. The lowest BCUT2D eigenvalue weighted by Gasteiger charge is -2.18. The molecule has 0 heterocycles. The molecule has 1 amide bonds. The van der Waals surface area contributed by atoms with Gasteiger partial charge in [-0.15, -0.1) is 0 Å². The lowest BCUT2D eigenvalue weighted by atomic mass is 10.1. The molecule has 2 aromatic rings. The molecule has 2 unspecified atom stereocenters. The molecule has 0 saturated carbocycles. The number of benzene rings is 2. The number of aliphatic hydroxyl groups excluding tert-OH is 1. The van der Waals surface area contributed by atoms with Gasteiger partial charge in [0.1, 0.15) is 0 Å². The summed E-state index contributed by atoms with van der Waals surface area (Å²) < 4.78 is 0. The molecule has 0 radical (unpaired) electrons. The first-order valence-electron chi connectivity index (χ1n) is 7.28. The number of nitrogens with zero attached hydrogens (tertiary/aromatic N) is 1. The minimum atomic E-state index is -0.698. The van der Waals surface area contributed by atoms with E-state index in [1.165, 1.54) is 12.1 Å². The normalized spacial score (nSPS) is 19.2. The second-order valence-corrected chi connectivity index (χ2v) is 5.74. The first-order valence-corrected chi connectivity index (χ1v) is 7.28. The summed E-state index contributed by atoms with van der Waals surface area (Å²) in [5.41, 5.74) is 2.61. The van der Waals surface area contributed by atoms with Crippen molar-refractivity contribution in [3.05, 3.63) is 74.8 Å². The smallest absolute Gasteiger partial charge is 0.270 e. The number of amides is 1. The molecule has 0 spiro atoms. The fourth-order valence-electron chi connectivity index (χ4n) is 2.97. The van der Waals surface area contributed by atoms with E-state index in [1.807, 2.05) is 24.3 Å². The molecule has 2 N–H and O–H groups in total. The lowest BCUT2D eigenvalue weighted by Crippen LogP contribution is -2.33. The van der Waals surface area contributed by atoms with Crippen LogP contribution in [-0.2, 0) is 6.42 Å². The highest BCUT2D eigenvalue weighted by Crippen LogP contribution is 2.31. The number of nitro groups is 1. The van der Waals surface area contributed by atoms with E-state index in [-0.39, 0.29) is 11.3 Å². The first-order chi connectivity index (χ1) is 11.0. The van der Waals surface area contributed by atoms with Crippen LogP contribution >= 0.6 is 0 Å². The molecule has 6 heteroatoms. The van der Waals surface area contributed by atoms with Crippen LogP contribution in [0.25, 0.3) is 0 Å². The maximum atomic E-state index is 12.4. The van der Waals surface area contributed by atoms with Crippen LogP contribution in [-0.4, -0.2) is 22.0 Å². The van der Waals surface area contributed by atoms with Gasteiger partial charge >= 0.3 is 0 Å². The SMILES string of the molecule is Cc1cc(C(=O)NC2c3ccccc3CC2O)cc([N+](=O)[O-])c1. The van der Waals surface area contributed by atoms with E-state index in [1.54, 1.807) is 13.0 Å². The average Bonchev–Trinajstić information content (AvgIpc) is 2.82. The van der Waals surface area contributed by atoms with Crippen molar-refractivity contribution < 1.29 is 14.8 Å². The Bertz CT molecular complexity index is 788. The van der Waals surface area contributed by atoms with Crippen molar-refractivity contribution in [2.24, 2.45) is 0 Å². The molecule has 0 bridgehead atoms. The Labute approximate surface area is 132 Å². The van der Waals surface area contributed by atoms with Gasteiger partial charge in [0.05, 0.1) is 17.1 Å². The Hall–Kier alpha value is -2.73. The van der Waals surface area contributed by atoms with Crippen LogP contribution in [0.3, 0.4) is 0 Å². The molecule has 3 rings (SSSR count). The summed E-state index contributed by atoms with van der Waals surface area (Å²) in [4.78, 5) is 22.8. The summed E-state index contributed by atoms with van der Waals surface area (Å²) in [7, 11) is 0. The predicted molar refractivity (Wildman–Crippen MR) is 84.2 cm³/mol. The monoisotopic (exact) mass is 312 g/mol. The van der Waals surface area contributed by atoms with Gasteiger partial charge < -0.3 is 10.4 Å². The van der Waals surface area contributed by atoms with Crippen molar-refractivity contribution in [3.8, 4) is 0 Å². The van der Waals surface area contributed by atoms with Gasteiger partial charge in [-0.2, -0.15) is 0 Å². The number of carbonyl (C=O) groups excluding carboxylic acids is 1. The summed E-state index contributed by atoms with van der Waals surface area (Å²) in [6, 6.07) is 11.3. The fourth-order valence-corrected chi connectivity index (χ4v) is 2.97. The third-order valence-electron chi connectivity index (χ3n) is 4.03. The average molecular weight is 312 g/mol. The van der Waals surface area contributed by atoms with Gasteiger partial charge in [-0.05, 0) is 29.7 Å². The summed E-state index contributed by atoms with van der Waals surface area (Å²) in [6.45, 7) is 1.70.